The van der Waals surface area contributed by atoms with Crippen molar-refractivity contribution < 1.29 is 4.79 Å². The molecule has 1 amide bonds. The standard InChI is InChI=1S/C12H16N4OS/c1-12(2,6-3-4-6)16-11-7(5-13)8(14)9(18-11)10(15)17/h6,16H,3-4,14H2,1-2H3,(H2,15,17). The van der Waals surface area contributed by atoms with E-state index >= 15 is 0 Å². The second kappa shape index (κ2) is 4.18. The Hall–Kier alpha value is -1.74. The minimum atomic E-state index is -0.591. The maximum absolute atomic E-state index is 11.2. The predicted octanol–water partition coefficient (Wildman–Crippen LogP) is 1.90. The molecule has 0 radical (unpaired) electrons. The smallest absolute Gasteiger partial charge is 0.261 e. The van der Waals surface area contributed by atoms with Gasteiger partial charge >= 0.3 is 0 Å². The molecular weight excluding hydrogens is 248 g/mol. The summed E-state index contributed by atoms with van der Waals surface area (Å²) in [5.41, 5.74) is 11.4. The zero-order valence-electron chi connectivity index (χ0n) is 10.4. The fourth-order valence-electron chi connectivity index (χ4n) is 2.03. The van der Waals surface area contributed by atoms with Crippen LogP contribution < -0.4 is 16.8 Å². The van der Waals surface area contributed by atoms with Crippen LogP contribution in [0.25, 0.3) is 0 Å². The molecule has 0 aliphatic heterocycles. The van der Waals surface area contributed by atoms with E-state index in [4.69, 9.17) is 16.7 Å². The van der Waals surface area contributed by atoms with Crippen molar-refractivity contribution in [2.75, 3.05) is 11.1 Å². The number of nitrogens with zero attached hydrogens (tertiary/aromatic N) is 1. The van der Waals surface area contributed by atoms with Gasteiger partial charge in [-0.05, 0) is 32.6 Å². The molecule has 18 heavy (non-hydrogen) atoms. The Labute approximate surface area is 110 Å². The van der Waals surface area contributed by atoms with E-state index in [1.807, 2.05) is 6.07 Å². The van der Waals surface area contributed by atoms with Crippen LogP contribution >= 0.6 is 11.3 Å². The first kappa shape index (κ1) is 12.7. The molecule has 0 spiro atoms. The first-order valence-electron chi connectivity index (χ1n) is 5.77. The van der Waals surface area contributed by atoms with Gasteiger partial charge in [-0.25, -0.2) is 0 Å². The van der Waals surface area contributed by atoms with Crippen LogP contribution in [0.5, 0.6) is 0 Å². The zero-order valence-corrected chi connectivity index (χ0v) is 11.2. The Kier molecular flexibility index (Phi) is 2.95. The number of nitrogens with one attached hydrogen (secondary N) is 1. The van der Waals surface area contributed by atoms with E-state index in [-0.39, 0.29) is 16.1 Å². The topological polar surface area (TPSA) is 105 Å². The summed E-state index contributed by atoms with van der Waals surface area (Å²) in [6.45, 7) is 4.18. The van der Waals surface area contributed by atoms with Gasteiger partial charge in [-0.15, -0.1) is 11.3 Å². The average molecular weight is 264 g/mol. The Bertz CT molecular complexity index is 537. The number of anilines is 2. The lowest BCUT2D eigenvalue weighted by molar-refractivity contribution is 0.100. The van der Waals surface area contributed by atoms with Crippen LogP contribution in [-0.2, 0) is 0 Å². The third-order valence-electron chi connectivity index (χ3n) is 3.31. The molecule has 1 fully saturated rings. The van der Waals surface area contributed by atoms with E-state index in [1.165, 1.54) is 12.8 Å². The molecule has 1 aliphatic carbocycles. The molecule has 0 bridgehead atoms. The van der Waals surface area contributed by atoms with E-state index in [1.54, 1.807) is 0 Å². The number of nitrogens with two attached hydrogens (primary N) is 2. The molecular formula is C12H16N4OS. The summed E-state index contributed by atoms with van der Waals surface area (Å²) in [5, 5.41) is 13.1. The highest BCUT2D eigenvalue weighted by Gasteiger charge is 2.38. The molecule has 1 saturated carbocycles. The molecule has 5 N–H and O–H groups in total. The molecule has 0 atom stereocenters. The maximum atomic E-state index is 11.2. The summed E-state index contributed by atoms with van der Waals surface area (Å²) in [4.78, 5) is 11.5. The molecule has 1 aliphatic rings. The number of hydrogen-bond acceptors (Lipinski definition) is 5. The van der Waals surface area contributed by atoms with Gasteiger partial charge in [-0.1, -0.05) is 0 Å². The van der Waals surface area contributed by atoms with Crippen molar-refractivity contribution in [1.29, 1.82) is 5.26 Å². The average Bonchev–Trinajstić information content (AvgIpc) is 3.05. The van der Waals surface area contributed by atoms with Gasteiger partial charge in [0.25, 0.3) is 5.91 Å². The van der Waals surface area contributed by atoms with E-state index in [0.29, 0.717) is 16.5 Å². The SMILES string of the molecule is CC(C)(Nc1sc(C(N)=O)c(N)c1C#N)C1CC1. The molecule has 1 aromatic rings. The fourth-order valence-corrected chi connectivity index (χ4v) is 3.11. The molecule has 0 unspecified atom stereocenters. The van der Waals surface area contributed by atoms with Gasteiger partial charge in [0.1, 0.15) is 21.5 Å². The van der Waals surface area contributed by atoms with E-state index in [9.17, 15) is 4.79 Å². The minimum Gasteiger partial charge on any atom is -0.396 e. The molecule has 1 aromatic heterocycles. The highest BCUT2D eigenvalue weighted by Crippen LogP contribution is 2.44. The van der Waals surface area contributed by atoms with Crippen LogP contribution in [-0.4, -0.2) is 11.4 Å². The van der Waals surface area contributed by atoms with E-state index < -0.39 is 5.91 Å². The highest BCUT2D eigenvalue weighted by atomic mass is 32.1. The summed E-state index contributed by atoms with van der Waals surface area (Å²) in [5.74, 6) is 0.00988. The molecule has 6 heteroatoms. The van der Waals surface area contributed by atoms with Crippen LogP contribution in [0.15, 0.2) is 0 Å². The van der Waals surface area contributed by atoms with E-state index in [2.05, 4.69) is 19.2 Å². The van der Waals surface area contributed by atoms with Gasteiger partial charge in [0.15, 0.2) is 0 Å². The second-order valence-electron chi connectivity index (χ2n) is 5.15. The summed E-state index contributed by atoms with van der Waals surface area (Å²) < 4.78 is 0. The normalized spacial score (nSPS) is 15.2. The maximum Gasteiger partial charge on any atom is 0.261 e. The van der Waals surface area contributed by atoms with Crippen molar-refractivity contribution in [3.05, 3.63) is 10.4 Å². The summed E-state index contributed by atoms with van der Waals surface area (Å²) in [7, 11) is 0. The molecule has 96 valence electrons. The number of primary amides is 1. The summed E-state index contributed by atoms with van der Waals surface area (Å²) in [6, 6.07) is 2.04. The van der Waals surface area contributed by atoms with Crippen LogP contribution in [0.1, 0.15) is 41.9 Å². The van der Waals surface area contributed by atoms with Gasteiger partial charge in [0.05, 0.1) is 5.69 Å². The van der Waals surface area contributed by atoms with Crippen LogP contribution in [0.4, 0.5) is 10.7 Å². The number of hydrogen-bond donors (Lipinski definition) is 3. The third kappa shape index (κ3) is 2.14. The first-order valence-corrected chi connectivity index (χ1v) is 6.58. The second-order valence-corrected chi connectivity index (χ2v) is 6.17. The number of thiophene rings is 1. The van der Waals surface area contributed by atoms with Crippen molar-refractivity contribution in [2.45, 2.75) is 32.2 Å². The van der Waals surface area contributed by atoms with Crippen molar-refractivity contribution in [3.63, 3.8) is 0 Å². The number of carbonyl (C=O) groups is 1. The van der Waals surface area contributed by atoms with Crippen LogP contribution in [0, 0.1) is 17.2 Å². The number of carbonyl (C=O) groups excluding carboxylic acids is 1. The molecule has 0 saturated heterocycles. The Morgan fingerprint density at radius 2 is 2.17 bits per heavy atom. The lowest BCUT2D eigenvalue weighted by atomic mass is 9.99. The fraction of sp³-hybridized carbons (Fsp3) is 0.500. The lowest BCUT2D eigenvalue weighted by Gasteiger charge is -2.26. The van der Waals surface area contributed by atoms with Gasteiger partial charge in [0.2, 0.25) is 0 Å². The molecule has 1 heterocycles. The van der Waals surface area contributed by atoms with E-state index in [0.717, 1.165) is 11.3 Å². The quantitative estimate of drug-likeness (QED) is 0.772. The summed E-state index contributed by atoms with van der Waals surface area (Å²) >= 11 is 1.16. The van der Waals surface area contributed by atoms with Crippen molar-refractivity contribution in [3.8, 4) is 6.07 Å². The number of amides is 1. The Balaban J connectivity index is 2.36. The summed E-state index contributed by atoms with van der Waals surface area (Å²) in [6.07, 6.45) is 2.37. The number of nitriles is 1. The predicted molar refractivity (Wildman–Crippen MR) is 72.4 cm³/mol. The molecule has 5 nitrogen and oxygen atoms in total. The minimum absolute atomic E-state index is 0.0994. The number of rotatable bonds is 4. The van der Waals surface area contributed by atoms with Crippen LogP contribution in [0.3, 0.4) is 0 Å². The van der Waals surface area contributed by atoms with Crippen molar-refractivity contribution in [1.82, 2.24) is 0 Å². The zero-order chi connectivity index (χ0) is 13.5. The molecule has 0 aromatic carbocycles. The molecule has 2 rings (SSSR count). The largest absolute Gasteiger partial charge is 0.396 e. The lowest BCUT2D eigenvalue weighted by Crippen LogP contribution is -2.33. The van der Waals surface area contributed by atoms with Crippen LogP contribution in [0.2, 0.25) is 0 Å². The van der Waals surface area contributed by atoms with Gasteiger partial charge in [0, 0.05) is 5.54 Å². The highest BCUT2D eigenvalue weighted by molar-refractivity contribution is 7.18. The van der Waals surface area contributed by atoms with Crippen molar-refractivity contribution >= 4 is 27.9 Å². The first-order chi connectivity index (χ1) is 8.36. The van der Waals surface area contributed by atoms with Gasteiger partial charge in [-0.3, -0.25) is 4.79 Å². The van der Waals surface area contributed by atoms with Gasteiger partial charge < -0.3 is 16.8 Å². The van der Waals surface area contributed by atoms with Gasteiger partial charge in [-0.2, -0.15) is 5.26 Å². The Morgan fingerprint density at radius 1 is 1.56 bits per heavy atom. The third-order valence-corrected chi connectivity index (χ3v) is 4.45. The number of nitrogen functional groups attached to an aromatic ring is 1. The van der Waals surface area contributed by atoms with Crippen molar-refractivity contribution in [2.24, 2.45) is 11.7 Å². The monoisotopic (exact) mass is 264 g/mol. The Morgan fingerprint density at radius 3 is 2.61 bits per heavy atom.